The normalized spacial score (nSPS) is 10.2. The minimum Gasteiger partial charge on any atom is -0.399 e. The Hall–Kier alpha value is -2.30. The number of benzene rings is 1. The van der Waals surface area contributed by atoms with Crippen LogP contribution in [0.5, 0.6) is 0 Å². The molecule has 17 heavy (non-hydrogen) atoms. The van der Waals surface area contributed by atoms with Gasteiger partial charge >= 0.3 is 0 Å². The largest absolute Gasteiger partial charge is 0.399 e. The van der Waals surface area contributed by atoms with Crippen molar-refractivity contribution in [2.24, 2.45) is 0 Å². The summed E-state index contributed by atoms with van der Waals surface area (Å²) in [5.41, 5.74) is 7.95. The summed E-state index contributed by atoms with van der Waals surface area (Å²) in [5.74, 6) is 0.279. The molecule has 5 nitrogen and oxygen atoms in total. The van der Waals surface area contributed by atoms with E-state index in [1.165, 1.54) is 0 Å². The van der Waals surface area contributed by atoms with Gasteiger partial charge in [0.25, 0.3) is 5.91 Å². The predicted octanol–water partition coefficient (Wildman–Crippen LogP) is 2.13. The quantitative estimate of drug-likeness (QED) is 0.776. The Balaban J connectivity index is 2.20. The van der Waals surface area contributed by atoms with Crippen molar-refractivity contribution in [2.45, 2.75) is 13.8 Å². The lowest BCUT2D eigenvalue weighted by molar-refractivity contribution is 0.102. The van der Waals surface area contributed by atoms with Crippen molar-refractivity contribution in [2.75, 3.05) is 11.1 Å². The van der Waals surface area contributed by atoms with E-state index in [1.807, 2.05) is 0 Å². The summed E-state index contributed by atoms with van der Waals surface area (Å²) in [6, 6.07) is 6.93. The van der Waals surface area contributed by atoms with Crippen molar-refractivity contribution in [3.8, 4) is 0 Å². The van der Waals surface area contributed by atoms with Crippen molar-refractivity contribution in [1.82, 2.24) is 5.16 Å². The molecule has 0 aliphatic heterocycles. The number of nitrogens with two attached hydrogens (primary N) is 1. The fourth-order valence-corrected chi connectivity index (χ4v) is 1.57. The maximum absolute atomic E-state index is 12.0. The number of nitrogens with zero attached hydrogens (tertiary/aromatic N) is 1. The monoisotopic (exact) mass is 231 g/mol. The maximum Gasteiger partial charge on any atom is 0.261 e. The molecule has 88 valence electrons. The number of anilines is 2. The summed E-state index contributed by atoms with van der Waals surface area (Å²) in [6.45, 7) is 3.44. The van der Waals surface area contributed by atoms with Crippen molar-refractivity contribution in [3.05, 3.63) is 41.3 Å². The number of carbonyl (C=O) groups excluding carboxylic acids is 1. The molecule has 0 spiro atoms. The molecule has 3 N–H and O–H groups in total. The van der Waals surface area contributed by atoms with Crippen molar-refractivity contribution in [1.29, 1.82) is 0 Å². The minimum absolute atomic E-state index is 0.231. The Morgan fingerprint density at radius 2 is 1.94 bits per heavy atom. The average molecular weight is 231 g/mol. The van der Waals surface area contributed by atoms with E-state index in [0.29, 0.717) is 28.4 Å². The van der Waals surface area contributed by atoms with Gasteiger partial charge in [-0.3, -0.25) is 4.79 Å². The zero-order chi connectivity index (χ0) is 12.4. The van der Waals surface area contributed by atoms with Crippen LogP contribution in [-0.4, -0.2) is 11.1 Å². The Morgan fingerprint density at radius 3 is 2.47 bits per heavy atom. The van der Waals surface area contributed by atoms with Gasteiger partial charge in [-0.1, -0.05) is 5.16 Å². The first-order valence-electron chi connectivity index (χ1n) is 5.17. The molecule has 0 fully saturated rings. The van der Waals surface area contributed by atoms with Crippen LogP contribution in [-0.2, 0) is 0 Å². The van der Waals surface area contributed by atoms with Gasteiger partial charge in [0.05, 0.1) is 5.69 Å². The Kier molecular flexibility index (Phi) is 2.82. The van der Waals surface area contributed by atoms with Gasteiger partial charge in [-0.2, -0.15) is 0 Å². The lowest BCUT2D eigenvalue weighted by Gasteiger charge is -2.04. The fourth-order valence-electron chi connectivity index (χ4n) is 1.57. The van der Waals surface area contributed by atoms with Crippen LogP contribution >= 0.6 is 0 Å². The van der Waals surface area contributed by atoms with Crippen LogP contribution in [0.4, 0.5) is 11.4 Å². The summed E-state index contributed by atoms with van der Waals surface area (Å²) in [5, 5.41) is 6.50. The lowest BCUT2D eigenvalue weighted by Crippen LogP contribution is -2.13. The molecule has 0 aliphatic rings. The van der Waals surface area contributed by atoms with Crippen LogP contribution in [0.25, 0.3) is 0 Å². The van der Waals surface area contributed by atoms with Crippen LogP contribution in [0.3, 0.4) is 0 Å². The number of carbonyl (C=O) groups is 1. The third kappa shape index (κ3) is 2.28. The van der Waals surface area contributed by atoms with E-state index < -0.39 is 0 Å². The molecule has 1 amide bonds. The second-order valence-corrected chi connectivity index (χ2v) is 3.78. The number of aryl methyl sites for hydroxylation is 2. The van der Waals surface area contributed by atoms with Gasteiger partial charge in [-0.15, -0.1) is 0 Å². The number of nitrogen functional groups attached to an aromatic ring is 1. The van der Waals surface area contributed by atoms with E-state index >= 15 is 0 Å². The first kappa shape index (κ1) is 11.2. The minimum atomic E-state index is -0.231. The van der Waals surface area contributed by atoms with Gasteiger partial charge in [0.2, 0.25) is 0 Å². The summed E-state index contributed by atoms with van der Waals surface area (Å²) in [4.78, 5) is 12.0. The molecule has 1 heterocycles. The number of amides is 1. The summed E-state index contributed by atoms with van der Waals surface area (Å²) in [6.07, 6.45) is 0. The molecule has 0 saturated heterocycles. The van der Waals surface area contributed by atoms with Crippen LogP contribution < -0.4 is 11.1 Å². The molecular formula is C12H13N3O2. The number of aromatic nitrogens is 1. The van der Waals surface area contributed by atoms with E-state index in [4.69, 9.17) is 10.3 Å². The molecule has 0 atom stereocenters. The van der Waals surface area contributed by atoms with Gasteiger partial charge in [0, 0.05) is 11.4 Å². The number of nitrogens with one attached hydrogen (secondary N) is 1. The predicted molar refractivity (Wildman–Crippen MR) is 64.8 cm³/mol. The van der Waals surface area contributed by atoms with Crippen molar-refractivity contribution < 1.29 is 9.32 Å². The standard InChI is InChI=1S/C12H13N3O2/c1-7-11(8(2)17-15-7)12(16)14-10-5-3-9(13)4-6-10/h3-6H,13H2,1-2H3,(H,14,16). The van der Waals surface area contributed by atoms with Crippen molar-refractivity contribution in [3.63, 3.8) is 0 Å². The summed E-state index contributed by atoms with van der Waals surface area (Å²) in [7, 11) is 0. The fraction of sp³-hybridized carbons (Fsp3) is 0.167. The van der Waals surface area contributed by atoms with E-state index in [2.05, 4.69) is 10.5 Å². The van der Waals surface area contributed by atoms with Gasteiger partial charge in [-0.05, 0) is 38.1 Å². The van der Waals surface area contributed by atoms with Gasteiger partial charge < -0.3 is 15.6 Å². The Labute approximate surface area is 98.6 Å². The summed E-state index contributed by atoms with van der Waals surface area (Å²) >= 11 is 0. The van der Waals surface area contributed by atoms with Crippen LogP contribution in [0.15, 0.2) is 28.8 Å². The Morgan fingerprint density at radius 1 is 1.29 bits per heavy atom. The third-order valence-corrected chi connectivity index (χ3v) is 2.43. The van der Waals surface area contributed by atoms with E-state index in [-0.39, 0.29) is 5.91 Å². The molecule has 0 unspecified atom stereocenters. The maximum atomic E-state index is 12.0. The van der Waals surface area contributed by atoms with E-state index in [0.717, 1.165) is 0 Å². The molecule has 0 saturated carbocycles. The topological polar surface area (TPSA) is 81.2 Å². The smallest absolute Gasteiger partial charge is 0.261 e. The molecule has 0 aliphatic carbocycles. The highest BCUT2D eigenvalue weighted by Gasteiger charge is 2.17. The highest BCUT2D eigenvalue weighted by atomic mass is 16.5. The second-order valence-electron chi connectivity index (χ2n) is 3.78. The van der Waals surface area contributed by atoms with E-state index in [1.54, 1.807) is 38.1 Å². The highest BCUT2D eigenvalue weighted by molar-refractivity contribution is 6.05. The molecule has 0 bridgehead atoms. The first-order chi connectivity index (χ1) is 8.08. The van der Waals surface area contributed by atoms with Gasteiger partial charge in [0.15, 0.2) is 0 Å². The molecular weight excluding hydrogens is 218 g/mol. The van der Waals surface area contributed by atoms with Crippen molar-refractivity contribution >= 4 is 17.3 Å². The number of rotatable bonds is 2. The van der Waals surface area contributed by atoms with Crippen LogP contribution in [0.2, 0.25) is 0 Å². The number of hydrogen-bond donors (Lipinski definition) is 2. The molecule has 0 radical (unpaired) electrons. The molecule has 2 aromatic rings. The first-order valence-corrected chi connectivity index (χ1v) is 5.17. The zero-order valence-electron chi connectivity index (χ0n) is 9.65. The molecule has 2 rings (SSSR count). The summed E-state index contributed by atoms with van der Waals surface area (Å²) < 4.78 is 4.94. The molecule has 5 heteroatoms. The number of hydrogen-bond acceptors (Lipinski definition) is 4. The SMILES string of the molecule is Cc1noc(C)c1C(=O)Nc1ccc(N)cc1. The second kappa shape index (κ2) is 4.29. The molecule has 1 aromatic heterocycles. The van der Waals surface area contributed by atoms with Gasteiger partial charge in [0.1, 0.15) is 11.3 Å². The van der Waals surface area contributed by atoms with E-state index in [9.17, 15) is 4.79 Å². The lowest BCUT2D eigenvalue weighted by atomic mass is 10.2. The average Bonchev–Trinajstić information content (AvgIpc) is 2.62. The van der Waals surface area contributed by atoms with Crippen LogP contribution in [0, 0.1) is 13.8 Å². The van der Waals surface area contributed by atoms with Crippen LogP contribution in [0.1, 0.15) is 21.8 Å². The third-order valence-electron chi connectivity index (χ3n) is 2.43. The Bertz CT molecular complexity index is 524. The zero-order valence-corrected chi connectivity index (χ0v) is 9.65. The molecule has 1 aromatic carbocycles. The highest BCUT2D eigenvalue weighted by Crippen LogP contribution is 2.16. The van der Waals surface area contributed by atoms with Gasteiger partial charge in [-0.25, -0.2) is 0 Å².